The third kappa shape index (κ3) is 7.34. The Morgan fingerprint density at radius 2 is 1.67 bits per heavy atom. The van der Waals surface area contributed by atoms with Crippen LogP contribution < -0.4 is 4.74 Å². The number of ether oxygens (including phenoxy) is 3. The topological polar surface area (TPSA) is 27.7 Å². The van der Waals surface area contributed by atoms with Crippen LogP contribution in [0.3, 0.4) is 0 Å². The van der Waals surface area contributed by atoms with Crippen molar-refractivity contribution in [2.75, 3.05) is 13.2 Å². The minimum absolute atomic E-state index is 0.118. The molecule has 3 aromatic carbocycles. The Kier molecular flexibility index (Phi) is 9.42. The molecule has 6 heteroatoms. The van der Waals surface area contributed by atoms with Gasteiger partial charge in [0.1, 0.15) is 11.6 Å². The molecule has 1 aliphatic rings. The van der Waals surface area contributed by atoms with E-state index in [-0.39, 0.29) is 17.9 Å². The van der Waals surface area contributed by atoms with E-state index in [4.69, 9.17) is 9.47 Å². The Morgan fingerprint density at radius 1 is 0.917 bits per heavy atom. The van der Waals surface area contributed by atoms with Crippen molar-refractivity contribution < 1.29 is 27.4 Å². The van der Waals surface area contributed by atoms with Crippen LogP contribution in [-0.4, -0.2) is 26.1 Å². The number of fused-ring (bicyclic) bond motifs is 1. The minimum atomic E-state index is -2.84. The number of rotatable bonds is 11. The van der Waals surface area contributed by atoms with Crippen molar-refractivity contribution in [3.8, 4) is 5.75 Å². The highest BCUT2D eigenvalue weighted by Crippen LogP contribution is 2.26. The van der Waals surface area contributed by atoms with Crippen LogP contribution in [0.2, 0.25) is 0 Å². The van der Waals surface area contributed by atoms with E-state index in [0.29, 0.717) is 29.7 Å². The SMILES string of the molecule is C/C=C/CCC1COC(CCc2ccc3c(F)c(CCc4ccc(OC(F)F)cc4)ccc3c2)OC1. The third-order valence-corrected chi connectivity index (χ3v) is 6.61. The Hall–Kier alpha value is -2.83. The first kappa shape index (κ1) is 26.2. The summed E-state index contributed by atoms with van der Waals surface area (Å²) in [5.41, 5.74) is 2.70. The zero-order valence-electron chi connectivity index (χ0n) is 20.6. The van der Waals surface area contributed by atoms with E-state index in [0.717, 1.165) is 55.4 Å². The van der Waals surface area contributed by atoms with E-state index < -0.39 is 6.61 Å². The van der Waals surface area contributed by atoms with Crippen LogP contribution in [0, 0.1) is 11.7 Å². The van der Waals surface area contributed by atoms with Gasteiger partial charge in [0.05, 0.1) is 13.2 Å². The predicted octanol–water partition coefficient (Wildman–Crippen LogP) is 7.64. The number of halogens is 3. The van der Waals surface area contributed by atoms with Crippen molar-refractivity contribution in [2.45, 2.75) is 58.4 Å². The fourth-order valence-corrected chi connectivity index (χ4v) is 4.55. The summed E-state index contributed by atoms with van der Waals surface area (Å²) in [5.74, 6) is 0.362. The molecule has 0 bridgehead atoms. The van der Waals surface area contributed by atoms with Crippen molar-refractivity contribution in [2.24, 2.45) is 5.92 Å². The maximum atomic E-state index is 15.2. The van der Waals surface area contributed by atoms with Gasteiger partial charge >= 0.3 is 6.61 Å². The van der Waals surface area contributed by atoms with Crippen LogP contribution in [0.15, 0.2) is 66.7 Å². The molecule has 3 nitrogen and oxygen atoms in total. The maximum absolute atomic E-state index is 15.2. The van der Waals surface area contributed by atoms with E-state index in [1.165, 1.54) is 12.1 Å². The largest absolute Gasteiger partial charge is 0.435 e. The molecule has 0 saturated carbocycles. The summed E-state index contributed by atoms with van der Waals surface area (Å²) >= 11 is 0. The molecule has 0 atom stereocenters. The highest BCUT2D eigenvalue weighted by Gasteiger charge is 2.21. The van der Waals surface area contributed by atoms with Gasteiger partial charge in [-0.25, -0.2) is 4.39 Å². The summed E-state index contributed by atoms with van der Waals surface area (Å²) in [6, 6.07) is 16.1. The van der Waals surface area contributed by atoms with Crippen LogP contribution in [-0.2, 0) is 28.7 Å². The molecule has 192 valence electrons. The molecular weight excluding hydrogens is 465 g/mol. The Balaban J connectivity index is 1.29. The lowest BCUT2D eigenvalue weighted by Crippen LogP contribution is -2.32. The highest BCUT2D eigenvalue weighted by atomic mass is 19.3. The zero-order valence-corrected chi connectivity index (χ0v) is 20.6. The van der Waals surface area contributed by atoms with Crippen LogP contribution in [0.4, 0.5) is 13.2 Å². The molecule has 0 unspecified atom stereocenters. The van der Waals surface area contributed by atoms with Gasteiger partial charge in [-0.05, 0) is 73.2 Å². The van der Waals surface area contributed by atoms with E-state index in [2.05, 4.69) is 16.9 Å². The number of benzene rings is 3. The van der Waals surface area contributed by atoms with Crippen molar-refractivity contribution in [3.63, 3.8) is 0 Å². The van der Waals surface area contributed by atoms with Gasteiger partial charge in [0.15, 0.2) is 6.29 Å². The Labute approximate surface area is 210 Å². The maximum Gasteiger partial charge on any atom is 0.387 e. The van der Waals surface area contributed by atoms with Crippen LogP contribution in [0.5, 0.6) is 5.75 Å². The van der Waals surface area contributed by atoms with E-state index in [1.807, 2.05) is 37.3 Å². The van der Waals surface area contributed by atoms with Gasteiger partial charge in [-0.2, -0.15) is 8.78 Å². The van der Waals surface area contributed by atoms with Gasteiger partial charge in [-0.3, -0.25) is 0 Å². The summed E-state index contributed by atoms with van der Waals surface area (Å²) in [7, 11) is 0. The van der Waals surface area contributed by atoms with Gasteiger partial charge in [-0.15, -0.1) is 0 Å². The minimum Gasteiger partial charge on any atom is -0.435 e. The van der Waals surface area contributed by atoms with Gasteiger partial charge in [-0.1, -0.05) is 54.6 Å². The molecule has 1 saturated heterocycles. The monoisotopic (exact) mass is 498 g/mol. The molecule has 0 aliphatic carbocycles. The van der Waals surface area contributed by atoms with Gasteiger partial charge in [0.25, 0.3) is 0 Å². The molecular formula is C30H33F3O3. The first-order chi connectivity index (χ1) is 17.5. The first-order valence-corrected chi connectivity index (χ1v) is 12.6. The van der Waals surface area contributed by atoms with Crippen LogP contribution >= 0.6 is 0 Å². The normalized spacial score (nSPS) is 18.4. The number of hydrogen-bond donors (Lipinski definition) is 0. The number of aryl methyl sites for hydroxylation is 3. The quantitative estimate of drug-likeness (QED) is 0.254. The average molecular weight is 499 g/mol. The predicted molar refractivity (Wildman–Crippen MR) is 136 cm³/mol. The lowest BCUT2D eigenvalue weighted by Gasteiger charge is -2.29. The molecule has 1 heterocycles. The molecule has 0 aromatic heterocycles. The van der Waals surface area contributed by atoms with Crippen LogP contribution in [0.25, 0.3) is 10.8 Å². The molecule has 0 spiro atoms. The lowest BCUT2D eigenvalue weighted by molar-refractivity contribution is -0.203. The second-order valence-electron chi connectivity index (χ2n) is 9.26. The van der Waals surface area contributed by atoms with Gasteiger partial charge in [0.2, 0.25) is 0 Å². The molecule has 36 heavy (non-hydrogen) atoms. The zero-order chi connectivity index (χ0) is 25.3. The van der Waals surface area contributed by atoms with Gasteiger partial charge in [0, 0.05) is 17.7 Å². The van der Waals surface area contributed by atoms with E-state index >= 15 is 4.39 Å². The molecule has 0 radical (unpaired) electrons. The fraction of sp³-hybridized carbons (Fsp3) is 0.400. The van der Waals surface area contributed by atoms with Crippen LogP contribution in [0.1, 0.15) is 42.9 Å². The molecule has 1 aliphatic heterocycles. The Morgan fingerprint density at radius 3 is 2.39 bits per heavy atom. The summed E-state index contributed by atoms with van der Waals surface area (Å²) < 4.78 is 56.0. The lowest BCUT2D eigenvalue weighted by atomic mass is 9.98. The molecule has 4 rings (SSSR count). The molecule has 3 aromatic rings. The number of hydrogen-bond acceptors (Lipinski definition) is 3. The summed E-state index contributed by atoms with van der Waals surface area (Å²) in [4.78, 5) is 0. The number of allylic oxidation sites excluding steroid dienone is 2. The molecule has 1 fully saturated rings. The summed E-state index contributed by atoms with van der Waals surface area (Å²) in [6.07, 6.45) is 8.89. The number of alkyl halides is 2. The second-order valence-corrected chi connectivity index (χ2v) is 9.26. The van der Waals surface area contributed by atoms with Crippen molar-refractivity contribution >= 4 is 10.8 Å². The smallest absolute Gasteiger partial charge is 0.387 e. The molecule has 0 N–H and O–H groups in total. The van der Waals surface area contributed by atoms with Crippen molar-refractivity contribution in [1.82, 2.24) is 0 Å². The standard InChI is InChI=1S/C30H33F3O3/c1-2-3-4-5-23-19-34-28(35-20-23)17-10-22-9-16-27-25(18-22)13-12-24(29(27)31)11-6-21-7-14-26(15-8-21)36-30(32)33/h2-3,7-9,12-16,18,23,28,30H,4-6,10-11,17,19-20H2,1H3/b3-2+. The molecule has 0 amide bonds. The van der Waals surface area contributed by atoms with E-state index in [9.17, 15) is 8.78 Å². The third-order valence-electron chi connectivity index (χ3n) is 6.61. The van der Waals surface area contributed by atoms with Crippen molar-refractivity contribution in [1.29, 1.82) is 0 Å². The average Bonchev–Trinajstić information content (AvgIpc) is 2.88. The summed E-state index contributed by atoms with van der Waals surface area (Å²) in [5, 5.41) is 1.47. The fourth-order valence-electron chi connectivity index (χ4n) is 4.55. The highest BCUT2D eigenvalue weighted by molar-refractivity contribution is 5.84. The van der Waals surface area contributed by atoms with E-state index in [1.54, 1.807) is 12.1 Å². The van der Waals surface area contributed by atoms with Gasteiger partial charge < -0.3 is 14.2 Å². The summed E-state index contributed by atoms with van der Waals surface area (Å²) in [6.45, 7) is 0.664. The Bertz CT molecular complexity index is 1140. The second kappa shape index (κ2) is 12.9. The van der Waals surface area contributed by atoms with Crippen molar-refractivity contribution in [3.05, 3.63) is 89.3 Å². The first-order valence-electron chi connectivity index (χ1n) is 12.6.